The lowest BCUT2D eigenvalue weighted by atomic mass is 10.1. The number of carbonyl (C=O) groups is 2. The standard InChI is InChI=1S/C19H19N3O3/c1-3-5-14-6-4-7-15(17(14)23)12-20-22-19(25)18(24)21-16-10-8-13(2)9-11-16/h3-4,6-12,23H,1,5H2,2H3,(H,21,24)(H,22,25)/b20-12+. The number of carbonyl (C=O) groups excluding carboxylic acids is 2. The predicted octanol–water partition coefficient (Wildman–Crippen LogP) is 2.52. The van der Waals surface area contributed by atoms with E-state index in [1.165, 1.54) is 6.21 Å². The van der Waals surface area contributed by atoms with E-state index in [9.17, 15) is 14.7 Å². The number of hydrogen-bond donors (Lipinski definition) is 3. The normalized spacial score (nSPS) is 10.4. The zero-order valence-corrected chi connectivity index (χ0v) is 13.8. The fourth-order valence-corrected chi connectivity index (χ4v) is 2.07. The minimum absolute atomic E-state index is 0.0597. The van der Waals surface area contributed by atoms with Crippen LogP contribution in [0.3, 0.4) is 0 Å². The van der Waals surface area contributed by atoms with E-state index >= 15 is 0 Å². The molecule has 6 nitrogen and oxygen atoms in total. The SMILES string of the molecule is C=CCc1cccc(/C=N/NC(=O)C(=O)Nc2ccc(C)cc2)c1O. The van der Waals surface area contributed by atoms with Crippen molar-refractivity contribution in [2.24, 2.45) is 5.10 Å². The van der Waals surface area contributed by atoms with E-state index in [1.807, 2.05) is 19.1 Å². The molecule has 0 fully saturated rings. The number of phenols is 1. The fraction of sp³-hybridized carbons (Fsp3) is 0.105. The average Bonchev–Trinajstić information content (AvgIpc) is 2.60. The minimum Gasteiger partial charge on any atom is -0.507 e. The maximum Gasteiger partial charge on any atom is 0.329 e. The van der Waals surface area contributed by atoms with Gasteiger partial charge in [0.15, 0.2) is 0 Å². The largest absolute Gasteiger partial charge is 0.507 e. The molecule has 0 spiro atoms. The van der Waals surface area contributed by atoms with Gasteiger partial charge in [0.2, 0.25) is 0 Å². The third kappa shape index (κ3) is 5.04. The first-order chi connectivity index (χ1) is 12.0. The van der Waals surface area contributed by atoms with E-state index in [4.69, 9.17) is 0 Å². The highest BCUT2D eigenvalue weighted by Crippen LogP contribution is 2.21. The lowest BCUT2D eigenvalue weighted by Crippen LogP contribution is -2.32. The first kappa shape index (κ1) is 17.9. The van der Waals surface area contributed by atoms with Crippen LogP contribution in [0.1, 0.15) is 16.7 Å². The summed E-state index contributed by atoms with van der Waals surface area (Å²) < 4.78 is 0. The van der Waals surface area contributed by atoms with Crippen molar-refractivity contribution in [1.29, 1.82) is 0 Å². The summed E-state index contributed by atoms with van der Waals surface area (Å²) in [6, 6.07) is 12.2. The van der Waals surface area contributed by atoms with E-state index in [0.29, 0.717) is 23.2 Å². The summed E-state index contributed by atoms with van der Waals surface area (Å²) in [5.74, 6) is -1.67. The van der Waals surface area contributed by atoms with Gasteiger partial charge in [0.05, 0.1) is 6.21 Å². The number of rotatable bonds is 5. The summed E-state index contributed by atoms with van der Waals surface area (Å²) in [6.07, 6.45) is 3.46. The lowest BCUT2D eigenvalue weighted by molar-refractivity contribution is -0.136. The van der Waals surface area contributed by atoms with E-state index in [2.05, 4.69) is 22.4 Å². The van der Waals surface area contributed by atoms with Crippen LogP contribution in [0.25, 0.3) is 0 Å². The average molecular weight is 337 g/mol. The number of aromatic hydroxyl groups is 1. The highest BCUT2D eigenvalue weighted by atomic mass is 16.3. The Morgan fingerprint density at radius 3 is 2.56 bits per heavy atom. The molecule has 0 bridgehead atoms. The molecule has 0 saturated carbocycles. The molecule has 0 aliphatic carbocycles. The molecular formula is C19H19N3O3. The zero-order chi connectivity index (χ0) is 18.2. The van der Waals surface area contributed by atoms with Crippen LogP contribution >= 0.6 is 0 Å². The van der Waals surface area contributed by atoms with Crippen molar-refractivity contribution in [3.05, 3.63) is 71.8 Å². The van der Waals surface area contributed by atoms with Gasteiger partial charge in [-0.2, -0.15) is 5.10 Å². The van der Waals surface area contributed by atoms with E-state index in [1.54, 1.807) is 36.4 Å². The molecule has 25 heavy (non-hydrogen) atoms. The second kappa shape index (κ2) is 8.44. The molecule has 2 aromatic carbocycles. The molecule has 6 heteroatoms. The number of phenolic OH excluding ortho intramolecular Hbond substituents is 1. The number of amides is 2. The van der Waals surface area contributed by atoms with Gasteiger partial charge < -0.3 is 10.4 Å². The molecule has 0 aromatic heterocycles. The van der Waals surface area contributed by atoms with Gasteiger partial charge in [-0.15, -0.1) is 6.58 Å². The molecule has 0 atom stereocenters. The summed E-state index contributed by atoms with van der Waals surface area (Å²) in [7, 11) is 0. The summed E-state index contributed by atoms with van der Waals surface area (Å²) in [5, 5.41) is 16.3. The Bertz CT molecular complexity index is 811. The summed E-state index contributed by atoms with van der Waals surface area (Å²) >= 11 is 0. The Morgan fingerprint density at radius 2 is 1.88 bits per heavy atom. The number of benzene rings is 2. The maximum absolute atomic E-state index is 11.8. The van der Waals surface area contributed by atoms with Gasteiger partial charge in [0, 0.05) is 11.3 Å². The molecule has 0 aliphatic heterocycles. The third-order valence-electron chi connectivity index (χ3n) is 3.40. The number of anilines is 1. The van der Waals surface area contributed by atoms with Crippen LogP contribution in [-0.2, 0) is 16.0 Å². The van der Waals surface area contributed by atoms with Crippen LogP contribution in [-0.4, -0.2) is 23.1 Å². The van der Waals surface area contributed by atoms with Crippen LogP contribution in [0.5, 0.6) is 5.75 Å². The zero-order valence-electron chi connectivity index (χ0n) is 13.8. The molecule has 0 unspecified atom stereocenters. The summed E-state index contributed by atoms with van der Waals surface area (Å²) in [5.41, 5.74) is 4.82. The highest BCUT2D eigenvalue weighted by Gasteiger charge is 2.12. The van der Waals surface area contributed by atoms with Gasteiger partial charge in [-0.3, -0.25) is 9.59 Å². The van der Waals surface area contributed by atoms with Gasteiger partial charge >= 0.3 is 11.8 Å². The van der Waals surface area contributed by atoms with Crippen molar-refractivity contribution in [2.75, 3.05) is 5.32 Å². The van der Waals surface area contributed by atoms with Crippen LogP contribution in [0, 0.1) is 6.92 Å². The van der Waals surface area contributed by atoms with E-state index < -0.39 is 11.8 Å². The van der Waals surface area contributed by atoms with Gasteiger partial charge in [-0.25, -0.2) is 5.43 Å². The third-order valence-corrected chi connectivity index (χ3v) is 3.40. The highest BCUT2D eigenvalue weighted by molar-refractivity contribution is 6.39. The Morgan fingerprint density at radius 1 is 1.16 bits per heavy atom. The van der Waals surface area contributed by atoms with Crippen LogP contribution < -0.4 is 10.7 Å². The molecule has 0 aliphatic rings. The number of hydrogen-bond acceptors (Lipinski definition) is 4. The topological polar surface area (TPSA) is 90.8 Å². The van der Waals surface area contributed by atoms with Gasteiger partial charge in [0.25, 0.3) is 0 Å². The van der Waals surface area contributed by atoms with Crippen LogP contribution in [0.2, 0.25) is 0 Å². The Balaban J connectivity index is 1.96. The molecule has 0 radical (unpaired) electrons. The Hall–Kier alpha value is -3.41. The molecule has 0 heterocycles. The lowest BCUT2D eigenvalue weighted by Gasteiger charge is -2.05. The molecule has 0 saturated heterocycles. The van der Waals surface area contributed by atoms with Gasteiger partial charge in [0.1, 0.15) is 5.75 Å². The number of nitrogens with one attached hydrogen (secondary N) is 2. The smallest absolute Gasteiger partial charge is 0.329 e. The second-order valence-corrected chi connectivity index (χ2v) is 5.37. The molecule has 3 N–H and O–H groups in total. The van der Waals surface area contributed by atoms with Crippen molar-refractivity contribution in [3.8, 4) is 5.75 Å². The van der Waals surface area contributed by atoms with Crippen molar-refractivity contribution in [1.82, 2.24) is 5.43 Å². The Kier molecular flexibility index (Phi) is 6.06. The van der Waals surface area contributed by atoms with Crippen LogP contribution in [0.4, 0.5) is 5.69 Å². The first-order valence-corrected chi connectivity index (χ1v) is 7.64. The summed E-state index contributed by atoms with van der Waals surface area (Å²) in [6.45, 7) is 5.55. The Labute approximate surface area is 145 Å². The second-order valence-electron chi connectivity index (χ2n) is 5.37. The number of nitrogens with zero attached hydrogens (tertiary/aromatic N) is 1. The monoisotopic (exact) mass is 337 g/mol. The quantitative estimate of drug-likeness (QED) is 0.339. The van der Waals surface area contributed by atoms with Crippen molar-refractivity contribution in [2.45, 2.75) is 13.3 Å². The number of allylic oxidation sites excluding steroid dienone is 1. The number of para-hydroxylation sites is 1. The minimum atomic E-state index is -0.904. The van der Waals surface area contributed by atoms with E-state index in [-0.39, 0.29) is 5.75 Å². The molecular weight excluding hydrogens is 318 g/mol. The van der Waals surface area contributed by atoms with Gasteiger partial charge in [-0.05, 0) is 37.1 Å². The molecule has 2 aromatic rings. The van der Waals surface area contributed by atoms with Crippen molar-refractivity contribution >= 4 is 23.7 Å². The van der Waals surface area contributed by atoms with E-state index in [0.717, 1.165) is 5.56 Å². The van der Waals surface area contributed by atoms with Crippen molar-refractivity contribution < 1.29 is 14.7 Å². The maximum atomic E-state index is 11.8. The van der Waals surface area contributed by atoms with Crippen molar-refractivity contribution in [3.63, 3.8) is 0 Å². The number of aryl methyl sites for hydroxylation is 1. The molecule has 2 amide bonds. The predicted molar refractivity (Wildman–Crippen MR) is 97.6 cm³/mol. The van der Waals surface area contributed by atoms with Gasteiger partial charge in [-0.1, -0.05) is 35.9 Å². The summed E-state index contributed by atoms with van der Waals surface area (Å²) in [4.78, 5) is 23.5. The molecule has 2 rings (SSSR count). The molecule has 128 valence electrons. The first-order valence-electron chi connectivity index (χ1n) is 7.64. The fourth-order valence-electron chi connectivity index (χ4n) is 2.07. The number of hydrazone groups is 1. The van der Waals surface area contributed by atoms with Crippen LogP contribution in [0.15, 0.2) is 60.2 Å².